The van der Waals surface area contributed by atoms with Crippen molar-refractivity contribution in [2.24, 2.45) is 5.16 Å². The van der Waals surface area contributed by atoms with E-state index in [1.165, 1.54) is 12.1 Å². The summed E-state index contributed by atoms with van der Waals surface area (Å²) in [6.45, 7) is 1.89. The first-order chi connectivity index (χ1) is 15.4. The Balaban J connectivity index is 1.68. The Morgan fingerprint density at radius 1 is 0.875 bits per heavy atom. The Hall–Kier alpha value is -3.32. The fraction of sp³-hybridized carbons (Fsp3) is 0.240. The highest BCUT2D eigenvalue weighted by molar-refractivity contribution is 7.86. The van der Waals surface area contributed by atoms with E-state index in [1.807, 2.05) is 37.3 Å². The van der Waals surface area contributed by atoms with Gasteiger partial charge in [0.25, 0.3) is 0 Å². The molecule has 1 atom stereocenters. The molecule has 0 aromatic heterocycles. The molecule has 0 amide bonds. The van der Waals surface area contributed by atoms with Crippen LogP contribution in [0.15, 0.2) is 76.8 Å². The minimum absolute atomic E-state index is 0.0743. The fourth-order valence-corrected chi connectivity index (χ4v) is 4.65. The van der Waals surface area contributed by atoms with Gasteiger partial charge in [-0.3, -0.25) is 4.28 Å². The fourth-order valence-electron chi connectivity index (χ4n) is 3.91. The highest BCUT2D eigenvalue weighted by atomic mass is 32.2. The SMILES string of the molecule is COc1ccc(C2CCC(=NOS(=O)(=O)c3ccc(C)cc3)c3cc(OC)ccc32)cc1. The summed E-state index contributed by atoms with van der Waals surface area (Å²) in [5.41, 5.74) is 4.59. The number of ether oxygens (including phenoxy) is 2. The standard InChI is InChI=1S/C25H25NO5S/c1-17-4-11-21(12-5-17)32(27,28)31-26-25-15-14-22(18-6-8-19(29-2)9-7-18)23-13-10-20(30-3)16-24(23)25/h4-13,16,22H,14-15H2,1-3H3. The number of hydrogen-bond donors (Lipinski definition) is 0. The Kier molecular flexibility index (Phi) is 6.19. The Bertz CT molecular complexity index is 1230. The van der Waals surface area contributed by atoms with Gasteiger partial charge in [0.1, 0.15) is 16.4 Å². The van der Waals surface area contributed by atoms with E-state index >= 15 is 0 Å². The average molecular weight is 452 g/mol. The van der Waals surface area contributed by atoms with Crippen LogP contribution in [0.25, 0.3) is 0 Å². The zero-order valence-corrected chi connectivity index (χ0v) is 19.1. The molecule has 0 saturated heterocycles. The van der Waals surface area contributed by atoms with Crippen LogP contribution in [0.1, 0.15) is 41.0 Å². The predicted molar refractivity (Wildman–Crippen MR) is 123 cm³/mol. The van der Waals surface area contributed by atoms with Crippen molar-refractivity contribution in [2.75, 3.05) is 14.2 Å². The number of aryl methyl sites for hydroxylation is 1. The van der Waals surface area contributed by atoms with Gasteiger partial charge in [-0.25, -0.2) is 0 Å². The average Bonchev–Trinajstić information content (AvgIpc) is 2.82. The van der Waals surface area contributed by atoms with Crippen molar-refractivity contribution in [2.45, 2.75) is 30.6 Å². The molecule has 0 bridgehead atoms. The third-order valence-electron chi connectivity index (χ3n) is 5.69. The van der Waals surface area contributed by atoms with Crippen molar-refractivity contribution < 1.29 is 22.2 Å². The molecule has 0 spiro atoms. The summed E-state index contributed by atoms with van der Waals surface area (Å²) in [4.78, 5) is 0.0743. The highest BCUT2D eigenvalue weighted by Gasteiger charge is 2.27. The molecule has 1 aliphatic carbocycles. The zero-order valence-electron chi connectivity index (χ0n) is 18.2. The zero-order chi connectivity index (χ0) is 22.7. The van der Waals surface area contributed by atoms with Gasteiger partial charge in [0.2, 0.25) is 0 Å². The number of benzene rings is 3. The maximum Gasteiger partial charge on any atom is 0.358 e. The molecular formula is C25H25NO5S. The lowest BCUT2D eigenvalue weighted by atomic mass is 9.78. The molecule has 0 N–H and O–H groups in total. The summed E-state index contributed by atoms with van der Waals surface area (Å²) in [7, 11) is -0.759. The highest BCUT2D eigenvalue weighted by Crippen LogP contribution is 2.39. The molecule has 6 nitrogen and oxygen atoms in total. The van der Waals surface area contributed by atoms with E-state index in [-0.39, 0.29) is 10.8 Å². The van der Waals surface area contributed by atoms with Crippen LogP contribution in [0.4, 0.5) is 0 Å². The number of hydrogen-bond acceptors (Lipinski definition) is 6. The van der Waals surface area contributed by atoms with Gasteiger partial charge in [-0.1, -0.05) is 41.1 Å². The van der Waals surface area contributed by atoms with Crippen LogP contribution in [0, 0.1) is 6.92 Å². The molecule has 3 aromatic rings. The third-order valence-corrected chi connectivity index (χ3v) is 6.81. The first-order valence-corrected chi connectivity index (χ1v) is 11.7. The summed E-state index contributed by atoms with van der Waals surface area (Å²) in [5.74, 6) is 1.62. The Labute approximate surface area is 188 Å². The van der Waals surface area contributed by atoms with Crippen molar-refractivity contribution >= 4 is 15.8 Å². The van der Waals surface area contributed by atoms with E-state index in [4.69, 9.17) is 13.8 Å². The third kappa shape index (κ3) is 4.48. The quantitative estimate of drug-likeness (QED) is 0.491. The van der Waals surface area contributed by atoms with Crippen molar-refractivity contribution in [1.29, 1.82) is 0 Å². The summed E-state index contributed by atoms with van der Waals surface area (Å²) < 4.78 is 41.0. The molecule has 0 saturated carbocycles. The summed E-state index contributed by atoms with van der Waals surface area (Å²) >= 11 is 0. The maximum atomic E-state index is 12.6. The van der Waals surface area contributed by atoms with Gasteiger partial charge in [-0.05, 0) is 67.3 Å². The smallest absolute Gasteiger partial charge is 0.358 e. The van der Waals surface area contributed by atoms with E-state index in [9.17, 15) is 8.42 Å². The van der Waals surface area contributed by atoms with E-state index < -0.39 is 10.1 Å². The van der Waals surface area contributed by atoms with Gasteiger partial charge in [0.15, 0.2) is 0 Å². The van der Waals surface area contributed by atoms with E-state index in [0.717, 1.165) is 34.4 Å². The van der Waals surface area contributed by atoms with Crippen LogP contribution in [0.3, 0.4) is 0 Å². The predicted octanol–water partition coefficient (Wildman–Crippen LogP) is 5.05. The minimum atomic E-state index is -4.00. The largest absolute Gasteiger partial charge is 0.497 e. The molecule has 1 aliphatic rings. The molecule has 0 radical (unpaired) electrons. The van der Waals surface area contributed by atoms with Crippen molar-refractivity contribution in [3.8, 4) is 11.5 Å². The van der Waals surface area contributed by atoms with E-state index in [0.29, 0.717) is 17.9 Å². The first kappa shape index (κ1) is 21.9. The lowest BCUT2D eigenvalue weighted by Gasteiger charge is -2.27. The molecule has 7 heteroatoms. The maximum absolute atomic E-state index is 12.6. The second-order valence-corrected chi connectivity index (χ2v) is 9.23. The molecule has 1 unspecified atom stereocenters. The Morgan fingerprint density at radius 2 is 1.53 bits per heavy atom. The topological polar surface area (TPSA) is 74.2 Å². The minimum Gasteiger partial charge on any atom is -0.497 e. The van der Waals surface area contributed by atoms with Crippen molar-refractivity contribution in [3.63, 3.8) is 0 Å². The van der Waals surface area contributed by atoms with E-state index in [1.54, 1.807) is 26.4 Å². The molecule has 0 aliphatic heterocycles. The molecule has 0 fully saturated rings. The summed E-state index contributed by atoms with van der Waals surface area (Å²) in [5, 5.41) is 4.08. The second-order valence-electron chi connectivity index (χ2n) is 7.70. The van der Waals surface area contributed by atoms with Crippen LogP contribution >= 0.6 is 0 Å². The molecule has 166 valence electrons. The van der Waals surface area contributed by atoms with Crippen molar-refractivity contribution in [1.82, 2.24) is 0 Å². The van der Waals surface area contributed by atoms with Crippen LogP contribution in [0.2, 0.25) is 0 Å². The number of oxime groups is 1. The van der Waals surface area contributed by atoms with E-state index in [2.05, 4.69) is 17.3 Å². The van der Waals surface area contributed by atoms with Gasteiger partial charge in [0.05, 0.1) is 19.9 Å². The molecule has 0 heterocycles. The first-order valence-electron chi connectivity index (χ1n) is 10.3. The van der Waals surface area contributed by atoms with Crippen LogP contribution in [0.5, 0.6) is 11.5 Å². The number of fused-ring (bicyclic) bond motifs is 1. The normalized spacial score (nSPS) is 17.0. The molecular weight excluding hydrogens is 426 g/mol. The van der Waals surface area contributed by atoms with Gasteiger partial charge in [0, 0.05) is 11.5 Å². The second kappa shape index (κ2) is 9.04. The van der Waals surface area contributed by atoms with Crippen LogP contribution in [-0.2, 0) is 14.4 Å². The summed E-state index contributed by atoms with van der Waals surface area (Å²) in [6.07, 6.45) is 1.35. The molecule has 4 rings (SSSR count). The lowest BCUT2D eigenvalue weighted by Crippen LogP contribution is -2.18. The number of rotatable bonds is 6. The summed E-state index contributed by atoms with van der Waals surface area (Å²) in [6, 6.07) is 20.3. The van der Waals surface area contributed by atoms with Gasteiger partial charge >= 0.3 is 10.1 Å². The molecule has 32 heavy (non-hydrogen) atoms. The van der Waals surface area contributed by atoms with Crippen LogP contribution in [-0.4, -0.2) is 28.3 Å². The van der Waals surface area contributed by atoms with Crippen molar-refractivity contribution in [3.05, 3.63) is 89.0 Å². The van der Waals surface area contributed by atoms with Gasteiger partial charge in [-0.2, -0.15) is 8.42 Å². The molecule has 3 aromatic carbocycles. The number of nitrogens with zero attached hydrogens (tertiary/aromatic N) is 1. The van der Waals surface area contributed by atoms with Gasteiger partial charge < -0.3 is 9.47 Å². The van der Waals surface area contributed by atoms with Crippen LogP contribution < -0.4 is 9.47 Å². The lowest BCUT2D eigenvalue weighted by molar-refractivity contribution is 0.337. The van der Waals surface area contributed by atoms with Gasteiger partial charge in [-0.15, -0.1) is 0 Å². The monoisotopic (exact) mass is 451 g/mol. The number of methoxy groups -OCH3 is 2. The Morgan fingerprint density at radius 3 is 2.19 bits per heavy atom.